The second-order valence-corrected chi connectivity index (χ2v) is 6.58. The molecule has 0 amide bonds. The molecule has 1 heterocycles. The zero-order chi connectivity index (χ0) is 17.6. The fourth-order valence-corrected chi connectivity index (χ4v) is 2.73. The lowest BCUT2D eigenvalue weighted by Gasteiger charge is -2.20. The summed E-state index contributed by atoms with van der Waals surface area (Å²) in [5, 5.41) is 11.6. The van der Waals surface area contributed by atoms with Crippen molar-refractivity contribution in [2.24, 2.45) is 0 Å². The van der Waals surface area contributed by atoms with Crippen LogP contribution in [0.3, 0.4) is 0 Å². The second-order valence-electron chi connectivity index (χ2n) is 5.73. The van der Waals surface area contributed by atoms with Gasteiger partial charge in [0.1, 0.15) is 0 Å². The highest BCUT2D eigenvalue weighted by Crippen LogP contribution is 2.22. The topological polar surface area (TPSA) is 53.9 Å². The van der Waals surface area contributed by atoms with Crippen LogP contribution < -0.4 is 10.2 Å². The van der Waals surface area contributed by atoms with Crippen molar-refractivity contribution >= 4 is 33.4 Å². The van der Waals surface area contributed by atoms with Gasteiger partial charge in [0.2, 0.25) is 5.95 Å². The molecule has 2 aromatic carbocycles. The Morgan fingerprint density at radius 2 is 1.92 bits per heavy atom. The normalized spacial score (nSPS) is 10.5. The highest BCUT2D eigenvalue weighted by Gasteiger charge is 2.10. The molecule has 0 aliphatic heterocycles. The van der Waals surface area contributed by atoms with Crippen molar-refractivity contribution in [3.8, 4) is 0 Å². The summed E-state index contributed by atoms with van der Waals surface area (Å²) < 4.78 is 1.08. The highest BCUT2D eigenvalue weighted by molar-refractivity contribution is 9.10. The minimum absolute atomic E-state index is 0.616. The van der Waals surface area contributed by atoms with E-state index in [9.17, 15) is 0 Å². The van der Waals surface area contributed by atoms with Gasteiger partial charge >= 0.3 is 0 Å². The molecule has 0 spiro atoms. The predicted molar refractivity (Wildman–Crippen MR) is 105 cm³/mol. The first kappa shape index (κ1) is 17.4. The molecule has 0 unspecified atom stereocenters. The molecule has 0 aliphatic carbocycles. The molecule has 0 bridgehead atoms. The van der Waals surface area contributed by atoms with E-state index in [1.807, 2.05) is 30.3 Å². The molecule has 0 aliphatic rings. The molecule has 128 valence electrons. The SMILES string of the molecule is CCN(Cc1ccccc1)c1nncc(Nc2ccc(Br)c(C)c2)n1. The van der Waals surface area contributed by atoms with Gasteiger partial charge in [-0.3, -0.25) is 0 Å². The minimum Gasteiger partial charge on any atom is -0.339 e. The van der Waals surface area contributed by atoms with Crippen molar-refractivity contribution in [1.82, 2.24) is 15.2 Å². The number of aryl methyl sites for hydroxylation is 1. The molecule has 25 heavy (non-hydrogen) atoms. The molecular weight excluding hydrogens is 378 g/mol. The first-order chi connectivity index (χ1) is 12.2. The van der Waals surface area contributed by atoms with Crippen molar-refractivity contribution < 1.29 is 0 Å². The molecule has 6 heteroatoms. The van der Waals surface area contributed by atoms with E-state index in [0.717, 1.165) is 28.8 Å². The van der Waals surface area contributed by atoms with Crippen LogP contribution in [0.2, 0.25) is 0 Å². The first-order valence-corrected chi connectivity index (χ1v) is 8.97. The van der Waals surface area contributed by atoms with Crippen LogP contribution in [-0.4, -0.2) is 21.7 Å². The molecule has 1 N–H and O–H groups in total. The summed E-state index contributed by atoms with van der Waals surface area (Å²) >= 11 is 3.51. The summed E-state index contributed by atoms with van der Waals surface area (Å²) in [4.78, 5) is 6.71. The van der Waals surface area contributed by atoms with E-state index in [0.29, 0.717) is 11.8 Å². The summed E-state index contributed by atoms with van der Waals surface area (Å²) in [6, 6.07) is 16.4. The van der Waals surface area contributed by atoms with E-state index in [4.69, 9.17) is 0 Å². The Kier molecular flexibility index (Phi) is 5.60. The van der Waals surface area contributed by atoms with Crippen molar-refractivity contribution in [2.75, 3.05) is 16.8 Å². The molecule has 0 fully saturated rings. The third-order valence-electron chi connectivity index (χ3n) is 3.86. The van der Waals surface area contributed by atoms with E-state index in [1.165, 1.54) is 5.56 Å². The molecule has 0 saturated heterocycles. The summed E-state index contributed by atoms with van der Waals surface area (Å²) in [6.07, 6.45) is 1.64. The number of benzene rings is 2. The number of hydrogen-bond acceptors (Lipinski definition) is 5. The van der Waals surface area contributed by atoms with E-state index >= 15 is 0 Å². The van der Waals surface area contributed by atoms with E-state index in [-0.39, 0.29) is 0 Å². The van der Waals surface area contributed by atoms with Gasteiger partial charge in [0, 0.05) is 23.2 Å². The van der Waals surface area contributed by atoms with Gasteiger partial charge in [-0.25, -0.2) is 0 Å². The lowest BCUT2D eigenvalue weighted by Crippen LogP contribution is -2.24. The largest absolute Gasteiger partial charge is 0.339 e. The van der Waals surface area contributed by atoms with Crippen LogP contribution in [-0.2, 0) is 6.54 Å². The third kappa shape index (κ3) is 4.54. The summed E-state index contributed by atoms with van der Waals surface area (Å²) in [6.45, 7) is 5.69. The van der Waals surface area contributed by atoms with E-state index < -0.39 is 0 Å². The Morgan fingerprint density at radius 1 is 1.12 bits per heavy atom. The van der Waals surface area contributed by atoms with E-state index in [2.05, 4.69) is 73.4 Å². The van der Waals surface area contributed by atoms with Gasteiger partial charge in [-0.05, 0) is 43.2 Å². The zero-order valence-electron chi connectivity index (χ0n) is 14.3. The van der Waals surface area contributed by atoms with Crippen LogP contribution in [0, 0.1) is 6.92 Å². The molecule has 1 aromatic heterocycles. The summed E-state index contributed by atoms with van der Waals surface area (Å²) in [7, 11) is 0. The number of nitrogens with one attached hydrogen (secondary N) is 1. The van der Waals surface area contributed by atoms with Crippen LogP contribution >= 0.6 is 15.9 Å². The number of halogens is 1. The maximum absolute atomic E-state index is 4.62. The lowest BCUT2D eigenvalue weighted by atomic mass is 10.2. The monoisotopic (exact) mass is 397 g/mol. The summed E-state index contributed by atoms with van der Waals surface area (Å²) in [5.41, 5.74) is 3.35. The van der Waals surface area contributed by atoms with Crippen molar-refractivity contribution in [3.63, 3.8) is 0 Å². The van der Waals surface area contributed by atoms with Gasteiger partial charge in [0.05, 0.1) is 6.20 Å². The third-order valence-corrected chi connectivity index (χ3v) is 4.75. The van der Waals surface area contributed by atoms with Crippen molar-refractivity contribution in [2.45, 2.75) is 20.4 Å². The quantitative estimate of drug-likeness (QED) is 0.652. The van der Waals surface area contributed by atoms with Gasteiger partial charge in [-0.1, -0.05) is 46.3 Å². The Bertz CT molecular complexity index is 838. The number of anilines is 3. The van der Waals surface area contributed by atoms with Crippen LogP contribution in [0.5, 0.6) is 0 Å². The average molecular weight is 398 g/mol. The van der Waals surface area contributed by atoms with Gasteiger partial charge < -0.3 is 10.2 Å². The maximum atomic E-state index is 4.62. The summed E-state index contributed by atoms with van der Waals surface area (Å²) in [5.74, 6) is 1.29. The molecule has 3 rings (SSSR count). The number of hydrogen-bond donors (Lipinski definition) is 1. The van der Waals surface area contributed by atoms with Gasteiger partial charge in [-0.2, -0.15) is 10.1 Å². The van der Waals surface area contributed by atoms with Crippen molar-refractivity contribution in [1.29, 1.82) is 0 Å². The molecule has 5 nitrogen and oxygen atoms in total. The van der Waals surface area contributed by atoms with Gasteiger partial charge in [0.15, 0.2) is 5.82 Å². The standard InChI is InChI=1S/C19H20BrN5/c1-3-25(13-15-7-5-4-6-8-15)19-23-18(12-21-24-19)22-16-9-10-17(20)14(2)11-16/h4-12H,3,13H2,1-2H3,(H,22,23,24). The highest BCUT2D eigenvalue weighted by atomic mass is 79.9. The number of aromatic nitrogens is 3. The molecular formula is C19H20BrN5. The number of nitrogens with zero attached hydrogens (tertiary/aromatic N) is 4. The van der Waals surface area contributed by atoms with Crippen LogP contribution in [0.4, 0.5) is 17.5 Å². The van der Waals surface area contributed by atoms with E-state index in [1.54, 1.807) is 6.20 Å². The van der Waals surface area contributed by atoms with Crippen LogP contribution in [0.15, 0.2) is 59.2 Å². The van der Waals surface area contributed by atoms with Crippen molar-refractivity contribution in [3.05, 3.63) is 70.3 Å². The molecule has 0 atom stereocenters. The van der Waals surface area contributed by atoms with Gasteiger partial charge in [0.25, 0.3) is 0 Å². The fraction of sp³-hybridized carbons (Fsp3) is 0.211. The van der Waals surface area contributed by atoms with Crippen LogP contribution in [0.25, 0.3) is 0 Å². The zero-order valence-corrected chi connectivity index (χ0v) is 15.9. The average Bonchev–Trinajstić information content (AvgIpc) is 2.64. The Morgan fingerprint density at radius 3 is 2.64 bits per heavy atom. The fourth-order valence-electron chi connectivity index (χ4n) is 2.49. The Labute approximate surface area is 156 Å². The number of rotatable bonds is 6. The lowest BCUT2D eigenvalue weighted by molar-refractivity contribution is 0.771. The molecule has 0 radical (unpaired) electrons. The second kappa shape index (κ2) is 8.07. The Hall–Kier alpha value is -2.47. The smallest absolute Gasteiger partial charge is 0.247 e. The van der Waals surface area contributed by atoms with Gasteiger partial charge in [-0.15, -0.1) is 5.10 Å². The van der Waals surface area contributed by atoms with Crippen LogP contribution in [0.1, 0.15) is 18.1 Å². The minimum atomic E-state index is 0.616. The maximum Gasteiger partial charge on any atom is 0.247 e. The first-order valence-electron chi connectivity index (χ1n) is 8.17. The molecule has 3 aromatic rings. The molecule has 0 saturated carbocycles. The predicted octanol–water partition coefficient (Wildman–Crippen LogP) is 4.71. The Balaban J connectivity index is 1.78.